The van der Waals surface area contributed by atoms with Crippen LogP contribution in [0, 0.1) is 0 Å². The predicted octanol–water partition coefficient (Wildman–Crippen LogP) is 3.78. The molecule has 0 spiro atoms. The number of carbonyl (C=O) groups is 2. The lowest BCUT2D eigenvalue weighted by molar-refractivity contribution is -0.118. The number of nitrogens with zero attached hydrogens (tertiary/aromatic N) is 4. The Hall–Kier alpha value is -3.04. The normalized spacial score (nSPS) is 13.9. The lowest BCUT2D eigenvalue weighted by atomic mass is 10.2. The van der Waals surface area contributed by atoms with E-state index in [-0.39, 0.29) is 18.4 Å². The molecule has 3 aromatic rings. The molecule has 1 fully saturated rings. The summed E-state index contributed by atoms with van der Waals surface area (Å²) < 4.78 is 5.76. The Balaban J connectivity index is 1.37. The standard InChI is InChI=1S/C22H25N5O3S/c1-2-10-26(15-20-24-25-22(30-20)18-8-5-12-31-18)14-19(28)23-16-6-3-7-17(13-16)27-11-4-9-21(27)29/h3,5-8,12-13H,2,4,9-11,14-15H2,1H3,(H,23,28). The number of carbonyl (C=O) groups excluding carboxylic acids is 2. The molecule has 2 aromatic heterocycles. The second-order valence-electron chi connectivity index (χ2n) is 7.44. The van der Waals surface area contributed by atoms with Crippen molar-refractivity contribution in [3.8, 4) is 10.8 Å². The largest absolute Gasteiger partial charge is 0.419 e. The highest BCUT2D eigenvalue weighted by Crippen LogP contribution is 2.25. The van der Waals surface area contributed by atoms with E-state index in [4.69, 9.17) is 4.42 Å². The molecule has 9 heteroatoms. The van der Waals surface area contributed by atoms with Crippen LogP contribution in [0.2, 0.25) is 0 Å². The van der Waals surface area contributed by atoms with Gasteiger partial charge in [-0.3, -0.25) is 14.5 Å². The SMILES string of the molecule is CCCN(CC(=O)Nc1cccc(N2CCCC2=O)c1)Cc1nnc(-c2cccs2)o1. The number of rotatable bonds is 9. The second kappa shape index (κ2) is 9.84. The highest BCUT2D eigenvalue weighted by molar-refractivity contribution is 7.13. The van der Waals surface area contributed by atoms with Crippen molar-refractivity contribution in [2.45, 2.75) is 32.7 Å². The summed E-state index contributed by atoms with van der Waals surface area (Å²) in [7, 11) is 0. The van der Waals surface area contributed by atoms with Crippen LogP contribution in [0.25, 0.3) is 10.8 Å². The monoisotopic (exact) mass is 439 g/mol. The number of aromatic nitrogens is 2. The van der Waals surface area contributed by atoms with Crippen molar-refractivity contribution in [3.05, 3.63) is 47.7 Å². The van der Waals surface area contributed by atoms with Crippen LogP contribution in [0.4, 0.5) is 11.4 Å². The summed E-state index contributed by atoms with van der Waals surface area (Å²) in [6, 6.07) is 11.3. The van der Waals surface area contributed by atoms with Crippen LogP contribution in [0.5, 0.6) is 0 Å². The average Bonchev–Trinajstić information content (AvgIpc) is 3.50. The topological polar surface area (TPSA) is 91.6 Å². The van der Waals surface area contributed by atoms with Crippen LogP contribution < -0.4 is 10.2 Å². The Labute approximate surface area is 184 Å². The summed E-state index contributed by atoms with van der Waals surface area (Å²) in [6.45, 7) is 4.12. The van der Waals surface area contributed by atoms with Gasteiger partial charge in [0.15, 0.2) is 0 Å². The van der Waals surface area contributed by atoms with Gasteiger partial charge in [-0.05, 0) is 49.0 Å². The molecule has 1 aliphatic heterocycles. The van der Waals surface area contributed by atoms with Crippen molar-refractivity contribution in [3.63, 3.8) is 0 Å². The summed E-state index contributed by atoms with van der Waals surface area (Å²) in [6.07, 6.45) is 2.34. The zero-order chi connectivity index (χ0) is 21.6. The molecule has 0 saturated carbocycles. The maximum absolute atomic E-state index is 12.7. The van der Waals surface area contributed by atoms with E-state index in [0.717, 1.165) is 36.5 Å². The molecular weight excluding hydrogens is 414 g/mol. The van der Waals surface area contributed by atoms with Gasteiger partial charge in [-0.1, -0.05) is 19.1 Å². The van der Waals surface area contributed by atoms with Crippen LogP contribution >= 0.6 is 11.3 Å². The number of hydrogen-bond acceptors (Lipinski definition) is 7. The van der Waals surface area contributed by atoms with Gasteiger partial charge in [0.1, 0.15) is 0 Å². The van der Waals surface area contributed by atoms with Gasteiger partial charge < -0.3 is 14.6 Å². The van der Waals surface area contributed by atoms with Crippen molar-refractivity contribution in [1.82, 2.24) is 15.1 Å². The van der Waals surface area contributed by atoms with Gasteiger partial charge in [0.05, 0.1) is 18.0 Å². The summed E-state index contributed by atoms with van der Waals surface area (Å²) >= 11 is 1.54. The molecule has 1 N–H and O–H groups in total. The third-order valence-electron chi connectivity index (χ3n) is 4.98. The fourth-order valence-corrected chi connectivity index (χ4v) is 4.26. The van der Waals surface area contributed by atoms with Gasteiger partial charge in [0.25, 0.3) is 5.89 Å². The van der Waals surface area contributed by atoms with Crippen molar-refractivity contribution in [2.75, 3.05) is 29.9 Å². The molecule has 1 aliphatic rings. The third-order valence-corrected chi connectivity index (χ3v) is 5.84. The highest BCUT2D eigenvalue weighted by Gasteiger charge is 2.22. The lowest BCUT2D eigenvalue weighted by Gasteiger charge is -2.20. The third kappa shape index (κ3) is 5.36. The van der Waals surface area contributed by atoms with Crippen molar-refractivity contribution >= 4 is 34.5 Å². The fraction of sp³-hybridized carbons (Fsp3) is 0.364. The minimum Gasteiger partial charge on any atom is -0.419 e. The van der Waals surface area contributed by atoms with Crippen LogP contribution in [-0.4, -0.2) is 46.5 Å². The first-order valence-corrected chi connectivity index (χ1v) is 11.3. The Morgan fingerprint density at radius 3 is 2.94 bits per heavy atom. The number of benzene rings is 1. The van der Waals surface area contributed by atoms with E-state index >= 15 is 0 Å². The van der Waals surface area contributed by atoms with E-state index in [1.807, 2.05) is 46.7 Å². The van der Waals surface area contributed by atoms with E-state index in [2.05, 4.69) is 22.4 Å². The summed E-state index contributed by atoms with van der Waals surface area (Å²) in [4.78, 5) is 29.3. The van der Waals surface area contributed by atoms with Crippen LogP contribution in [0.15, 0.2) is 46.2 Å². The van der Waals surface area contributed by atoms with Gasteiger partial charge in [0.2, 0.25) is 17.7 Å². The molecule has 3 heterocycles. The number of amides is 2. The molecule has 0 atom stereocenters. The molecule has 4 rings (SSSR count). The Morgan fingerprint density at radius 2 is 2.19 bits per heavy atom. The van der Waals surface area contributed by atoms with Crippen LogP contribution in [0.1, 0.15) is 32.1 Å². The molecule has 0 bridgehead atoms. The first-order valence-electron chi connectivity index (χ1n) is 10.4. The van der Waals surface area contributed by atoms with Crippen molar-refractivity contribution in [2.24, 2.45) is 0 Å². The first-order chi connectivity index (χ1) is 15.1. The van der Waals surface area contributed by atoms with Gasteiger partial charge in [-0.25, -0.2) is 0 Å². The maximum atomic E-state index is 12.7. The van der Waals surface area contributed by atoms with Gasteiger partial charge in [-0.15, -0.1) is 21.5 Å². The molecule has 0 radical (unpaired) electrons. The molecule has 31 heavy (non-hydrogen) atoms. The predicted molar refractivity (Wildman–Crippen MR) is 120 cm³/mol. The Kier molecular flexibility index (Phi) is 6.73. The zero-order valence-electron chi connectivity index (χ0n) is 17.4. The fourth-order valence-electron chi connectivity index (χ4n) is 3.62. The van der Waals surface area contributed by atoms with Gasteiger partial charge in [0, 0.05) is 24.3 Å². The van der Waals surface area contributed by atoms with Crippen molar-refractivity contribution in [1.29, 1.82) is 0 Å². The smallest absolute Gasteiger partial charge is 0.257 e. The summed E-state index contributed by atoms with van der Waals surface area (Å²) in [5.74, 6) is 0.980. The number of thiophene rings is 1. The van der Waals surface area contributed by atoms with Crippen LogP contribution in [-0.2, 0) is 16.1 Å². The molecular formula is C22H25N5O3S. The summed E-state index contributed by atoms with van der Waals surface area (Å²) in [5, 5.41) is 13.1. The van der Waals surface area contributed by atoms with Crippen LogP contribution in [0.3, 0.4) is 0 Å². The number of nitrogens with one attached hydrogen (secondary N) is 1. The molecule has 1 saturated heterocycles. The van der Waals surface area contributed by atoms with E-state index in [0.29, 0.717) is 30.4 Å². The molecule has 8 nitrogen and oxygen atoms in total. The minimum absolute atomic E-state index is 0.124. The van der Waals surface area contributed by atoms with E-state index in [1.165, 1.54) is 0 Å². The molecule has 1 aromatic carbocycles. The van der Waals surface area contributed by atoms with Gasteiger partial charge >= 0.3 is 0 Å². The first kappa shape index (κ1) is 21.2. The lowest BCUT2D eigenvalue weighted by Crippen LogP contribution is -2.33. The molecule has 162 valence electrons. The van der Waals surface area contributed by atoms with Gasteiger partial charge in [-0.2, -0.15) is 0 Å². The number of anilines is 2. The van der Waals surface area contributed by atoms with Crippen molar-refractivity contribution < 1.29 is 14.0 Å². The van der Waals surface area contributed by atoms with E-state index < -0.39 is 0 Å². The minimum atomic E-state index is -0.128. The Bertz CT molecular complexity index is 1030. The second-order valence-corrected chi connectivity index (χ2v) is 8.38. The quantitative estimate of drug-likeness (QED) is 0.546. The summed E-state index contributed by atoms with van der Waals surface area (Å²) in [5.41, 5.74) is 1.49. The van der Waals surface area contributed by atoms with E-state index in [9.17, 15) is 9.59 Å². The molecule has 0 aliphatic carbocycles. The zero-order valence-corrected chi connectivity index (χ0v) is 18.2. The molecule has 2 amide bonds. The Morgan fingerprint density at radius 1 is 1.29 bits per heavy atom. The average molecular weight is 440 g/mol. The van der Waals surface area contributed by atoms with E-state index in [1.54, 1.807) is 16.2 Å². The highest BCUT2D eigenvalue weighted by atomic mass is 32.1. The number of hydrogen-bond donors (Lipinski definition) is 1. The molecule has 0 unspecified atom stereocenters. The maximum Gasteiger partial charge on any atom is 0.257 e.